The van der Waals surface area contributed by atoms with Gasteiger partial charge in [0.05, 0.1) is 12.7 Å². The summed E-state index contributed by atoms with van der Waals surface area (Å²) in [6, 6.07) is 1.86. The van der Waals surface area contributed by atoms with E-state index in [-0.39, 0.29) is 25.0 Å². The number of amides is 2. The molecule has 1 aromatic carbocycles. The Morgan fingerprint density at radius 1 is 1.03 bits per heavy atom. The first-order valence-corrected chi connectivity index (χ1v) is 10.6. The van der Waals surface area contributed by atoms with Crippen molar-refractivity contribution in [1.82, 2.24) is 5.32 Å². The van der Waals surface area contributed by atoms with Gasteiger partial charge in [-0.25, -0.2) is 13.2 Å². The minimum atomic E-state index is -1.63. The van der Waals surface area contributed by atoms with Crippen molar-refractivity contribution in [3.8, 4) is 0 Å². The van der Waals surface area contributed by atoms with E-state index in [0.717, 1.165) is 44.2 Å². The Labute approximate surface area is 176 Å². The SMILES string of the molecule is CCC(C)(C)C1CCC(NC(=O)C[NH+](C)CC(=O)Nc2ccc(F)c(F)c2F)CC1. The van der Waals surface area contributed by atoms with Gasteiger partial charge in [0.25, 0.3) is 11.8 Å². The molecular formula is C22H33F3N3O2+. The molecule has 0 aliphatic heterocycles. The van der Waals surface area contributed by atoms with Crippen molar-refractivity contribution in [3.63, 3.8) is 0 Å². The summed E-state index contributed by atoms with van der Waals surface area (Å²) in [5, 5.41) is 5.26. The number of anilines is 1. The van der Waals surface area contributed by atoms with Gasteiger partial charge in [-0.15, -0.1) is 0 Å². The number of hydrogen-bond donors (Lipinski definition) is 3. The van der Waals surface area contributed by atoms with E-state index in [4.69, 9.17) is 0 Å². The van der Waals surface area contributed by atoms with Crippen molar-refractivity contribution in [2.75, 3.05) is 25.5 Å². The molecule has 1 atom stereocenters. The summed E-state index contributed by atoms with van der Waals surface area (Å²) >= 11 is 0. The zero-order valence-electron chi connectivity index (χ0n) is 18.2. The molecule has 1 fully saturated rings. The summed E-state index contributed by atoms with van der Waals surface area (Å²) < 4.78 is 39.9. The van der Waals surface area contributed by atoms with Crippen molar-refractivity contribution < 1.29 is 27.7 Å². The van der Waals surface area contributed by atoms with Crippen LogP contribution in [0.5, 0.6) is 0 Å². The molecule has 8 heteroatoms. The third kappa shape index (κ3) is 6.45. The van der Waals surface area contributed by atoms with Crippen LogP contribution in [0.3, 0.4) is 0 Å². The van der Waals surface area contributed by atoms with Crippen LogP contribution in [0.1, 0.15) is 52.9 Å². The fourth-order valence-electron chi connectivity index (χ4n) is 4.01. The fraction of sp³-hybridized carbons (Fsp3) is 0.636. The lowest BCUT2D eigenvalue weighted by molar-refractivity contribution is -0.862. The maximum absolute atomic E-state index is 13.7. The first kappa shape index (κ1) is 24.2. The van der Waals surface area contributed by atoms with Gasteiger partial charge in [-0.3, -0.25) is 9.59 Å². The Kier molecular flexibility index (Phi) is 8.29. The van der Waals surface area contributed by atoms with Crippen molar-refractivity contribution in [2.24, 2.45) is 11.3 Å². The molecule has 0 bridgehead atoms. The molecule has 1 saturated carbocycles. The summed E-state index contributed by atoms with van der Waals surface area (Å²) in [7, 11) is 1.67. The molecule has 3 N–H and O–H groups in total. The van der Waals surface area contributed by atoms with Crippen LogP contribution in [0.2, 0.25) is 0 Å². The van der Waals surface area contributed by atoms with E-state index in [1.807, 2.05) is 0 Å². The maximum Gasteiger partial charge on any atom is 0.279 e. The molecule has 1 aliphatic rings. The monoisotopic (exact) mass is 428 g/mol. The molecule has 5 nitrogen and oxygen atoms in total. The highest BCUT2D eigenvalue weighted by Crippen LogP contribution is 2.40. The Balaban J connectivity index is 1.76. The molecule has 2 rings (SSSR count). The lowest BCUT2D eigenvalue weighted by Gasteiger charge is -2.39. The molecule has 0 aromatic heterocycles. The van der Waals surface area contributed by atoms with E-state index in [2.05, 4.69) is 31.4 Å². The number of halogens is 3. The van der Waals surface area contributed by atoms with Gasteiger partial charge in [0, 0.05) is 6.04 Å². The van der Waals surface area contributed by atoms with Crippen LogP contribution >= 0.6 is 0 Å². The van der Waals surface area contributed by atoms with Crippen LogP contribution in [-0.2, 0) is 9.59 Å². The molecule has 2 amide bonds. The van der Waals surface area contributed by atoms with Gasteiger partial charge in [0.2, 0.25) is 0 Å². The van der Waals surface area contributed by atoms with Crippen LogP contribution in [0.15, 0.2) is 12.1 Å². The predicted octanol–water partition coefficient (Wildman–Crippen LogP) is 2.67. The second kappa shape index (κ2) is 10.3. The molecule has 0 heterocycles. The summed E-state index contributed by atoms with van der Waals surface area (Å²) in [5.41, 5.74) is -0.109. The summed E-state index contributed by atoms with van der Waals surface area (Å²) in [5.74, 6) is -4.46. The molecule has 0 saturated heterocycles. The lowest BCUT2D eigenvalue weighted by atomic mass is 9.69. The van der Waals surface area contributed by atoms with E-state index in [1.165, 1.54) is 0 Å². The number of quaternary nitrogens is 1. The van der Waals surface area contributed by atoms with Gasteiger partial charge in [-0.2, -0.15) is 0 Å². The van der Waals surface area contributed by atoms with Gasteiger partial charge in [0.1, 0.15) is 0 Å². The molecule has 0 spiro atoms. The number of carbonyl (C=O) groups excluding carboxylic acids is 2. The zero-order valence-corrected chi connectivity index (χ0v) is 18.2. The van der Waals surface area contributed by atoms with Gasteiger partial charge >= 0.3 is 0 Å². The van der Waals surface area contributed by atoms with Crippen molar-refractivity contribution in [2.45, 2.75) is 58.9 Å². The largest absolute Gasteiger partial charge is 0.348 e. The minimum Gasteiger partial charge on any atom is -0.348 e. The standard InChI is InChI=1S/C22H32F3N3O2/c1-5-22(2,3)14-6-8-15(9-7-14)26-18(29)12-28(4)13-19(30)27-17-11-10-16(23)20(24)21(17)25/h10-11,14-15H,5-9,12-13H2,1-4H3,(H,26,29)(H,27,30)/p+1. The Morgan fingerprint density at radius 2 is 1.63 bits per heavy atom. The molecule has 168 valence electrons. The normalized spacial score (nSPS) is 20.5. The van der Waals surface area contributed by atoms with E-state index < -0.39 is 29.0 Å². The number of hydrogen-bond acceptors (Lipinski definition) is 2. The van der Waals surface area contributed by atoms with Gasteiger partial charge in [-0.05, 0) is 49.1 Å². The zero-order chi connectivity index (χ0) is 22.5. The number of carbonyl (C=O) groups is 2. The molecule has 1 aliphatic carbocycles. The van der Waals surface area contributed by atoms with Crippen LogP contribution < -0.4 is 15.5 Å². The highest BCUT2D eigenvalue weighted by Gasteiger charge is 2.32. The van der Waals surface area contributed by atoms with Crippen LogP contribution in [0.4, 0.5) is 18.9 Å². The summed E-state index contributed by atoms with van der Waals surface area (Å²) in [6.07, 6.45) is 5.23. The van der Waals surface area contributed by atoms with Crippen molar-refractivity contribution >= 4 is 17.5 Å². The fourth-order valence-corrected chi connectivity index (χ4v) is 4.01. The highest BCUT2D eigenvalue weighted by atomic mass is 19.2. The predicted molar refractivity (Wildman–Crippen MR) is 110 cm³/mol. The van der Waals surface area contributed by atoms with Gasteiger partial charge in [0.15, 0.2) is 30.5 Å². The topological polar surface area (TPSA) is 62.6 Å². The quantitative estimate of drug-likeness (QED) is 0.558. The van der Waals surface area contributed by atoms with Gasteiger partial charge in [-0.1, -0.05) is 27.2 Å². The average Bonchev–Trinajstić information content (AvgIpc) is 2.68. The lowest BCUT2D eigenvalue weighted by Crippen LogP contribution is -3.11. The Hall–Kier alpha value is -2.09. The molecule has 30 heavy (non-hydrogen) atoms. The first-order valence-electron chi connectivity index (χ1n) is 10.6. The van der Waals surface area contributed by atoms with Crippen LogP contribution in [-0.4, -0.2) is 38.0 Å². The smallest absolute Gasteiger partial charge is 0.279 e. The van der Waals surface area contributed by atoms with E-state index in [1.54, 1.807) is 7.05 Å². The maximum atomic E-state index is 13.7. The number of rotatable bonds is 8. The van der Waals surface area contributed by atoms with Crippen molar-refractivity contribution in [3.05, 3.63) is 29.6 Å². The Morgan fingerprint density at radius 3 is 2.23 bits per heavy atom. The average molecular weight is 429 g/mol. The van der Waals surface area contributed by atoms with E-state index in [9.17, 15) is 22.8 Å². The third-order valence-corrected chi connectivity index (χ3v) is 6.34. The van der Waals surface area contributed by atoms with Crippen LogP contribution in [0, 0.1) is 28.8 Å². The number of nitrogens with one attached hydrogen (secondary N) is 3. The highest BCUT2D eigenvalue weighted by molar-refractivity contribution is 5.91. The first-order chi connectivity index (χ1) is 14.0. The number of likely N-dealkylation sites (N-methyl/N-ethyl adjacent to an activating group) is 1. The van der Waals surface area contributed by atoms with Crippen molar-refractivity contribution in [1.29, 1.82) is 0 Å². The molecule has 1 aromatic rings. The Bertz CT molecular complexity index is 762. The molecular weight excluding hydrogens is 395 g/mol. The minimum absolute atomic E-state index is 0.0913. The second-order valence-electron chi connectivity index (χ2n) is 9.04. The second-order valence-corrected chi connectivity index (χ2v) is 9.04. The summed E-state index contributed by atoms with van der Waals surface area (Å²) in [6.45, 7) is 6.79. The van der Waals surface area contributed by atoms with E-state index in [0.29, 0.717) is 16.2 Å². The molecule has 1 unspecified atom stereocenters. The van der Waals surface area contributed by atoms with Gasteiger partial charge < -0.3 is 15.5 Å². The summed E-state index contributed by atoms with van der Waals surface area (Å²) in [4.78, 5) is 25.0. The molecule has 0 radical (unpaired) electrons. The number of benzene rings is 1. The third-order valence-electron chi connectivity index (χ3n) is 6.34. The van der Waals surface area contributed by atoms with Crippen LogP contribution in [0.25, 0.3) is 0 Å². The van der Waals surface area contributed by atoms with E-state index >= 15 is 0 Å².